The third kappa shape index (κ3) is 35.3. The van der Waals surface area contributed by atoms with Crippen molar-refractivity contribution < 1.29 is 38.2 Å². The fraction of sp³-hybridized carbons (Fsp3) is 0.844. The van der Waals surface area contributed by atoms with Crippen LogP contribution in [0.3, 0.4) is 0 Å². The van der Waals surface area contributed by atoms with E-state index in [1.165, 1.54) is 116 Å². The van der Waals surface area contributed by atoms with Crippen LogP contribution in [0.4, 0.5) is 0 Å². The first-order valence-corrected chi connectivity index (χ1v) is 21.9. The molecule has 0 aliphatic heterocycles. The number of hydrogen-bond acceptors (Lipinski definition) is 7. The van der Waals surface area contributed by atoms with Crippen molar-refractivity contribution in [1.29, 1.82) is 0 Å². The molecular weight excluding hydrogens is 666 g/mol. The Morgan fingerprint density at radius 1 is 0.566 bits per heavy atom. The molecule has 0 radical (unpaired) electrons. The van der Waals surface area contributed by atoms with E-state index in [-0.39, 0.29) is 42.7 Å². The number of carbonyl (C=O) groups excluding carboxylic acids is 3. The second-order valence-electron chi connectivity index (χ2n) is 15.9. The molecule has 0 aromatic rings. The van der Waals surface area contributed by atoms with Crippen LogP contribution in [0.25, 0.3) is 0 Å². The summed E-state index contributed by atoms with van der Waals surface area (Å²) in [7, 11) is 5.40. The summed E-state index contributed by atoms with van der Waals surface area (Å²) in [5, 5.41) is 11.6. The minimum absolute atomic E-state index is 0.0423. The van der Waals surface area contributed by atoms with Crippen molar-refractivity contribution in [1.82, 2.24) is 0 Å². The van der Waals surface area contributed by atoms with Gasteiger partial charge in [-0.1, -0.05) is 154 Å². The zero-order valence-corrected chi connectivity index (χ0v) is 35.2. The maximum Gasteiger partial charge on any atom is 0.306 e. The Bertz CT molecular complexity index is 926. The number of esters is 2. The number of allylic oxidation sites excluding steroid dienone is 4. The van der Waals surface area contributed by atoms with Gasteiger partial charge in [0.15, 0.2) is 6.10 Å². The lowest BCUT2D eigenvalue weighted by molar-refractivity contribution is -0.889. The molecule has 2 atom stereocenters. The number of nitrogens with zero attached hydrogens (tertiary/aromatic N) is 1. The van der Waals surface area contributed by atoms with Gasteiger partial charge in [-0.3, -0.25) is 9.59 Å². The van der Waals surface area contributed by atoms with E-state index in [1.807, 2.05) is 0 Å². The molecule has 0 fully saturated rings. The van der Waals surface area contributed by atoms with Gasteiger partial charge >= 0.3 is 11.9 Å². The van der Waals surface area contributed by atoms with Gasteiger partial charge in [0.1, 0.15) is 12.6 Å². The van der Waals surface area contributed by atoms with Gasteiger partial charge in [0.25, 0.3) is 0 Å². The second-order valence-corrected chi connectivity index (χ2v) is 15.9. The zero-order chi connectivity index (χ0) is 39.3. The van der Waals surface area contributed by atoms with Crippen molar-refractivity contribution in [3.63, 3.8) is 0 Å². The molecule has 0 rings (SSSR count). The molecule has 310 valence electrons. The number of likely N-dealkylation sites (N-methyl/N-ethyl adjacent to an activating group) is 1. The SMILES string of the molecule is CCCCCCC/C=C\C/C=C\CCCCCCCCCCCC(=O)OC(COCCC(C(=O)[O-])[N+](C)(C)C)COC(=O)CCCCCCCCCC. The molecule has 0 aromatic heterocycles. The monoisotopic (exact) mass is 750 g/mol. The van der Waals surface area contributed by atoms with Crippen LogP contribution in [0.2, 0.25) is 0 Å². The highest BCUT2D eigenvalue weighted by Gasteiger charge is 2.25. The number of rotatable bonds is 39. The van der Waals surface area contributed by atoms with E-state index in [9.17, 15) is 19.5 Å². The van der Waals surface area contributed by atoms with Crippen LogP contribution in [0.15, 0.2) is 24.3 Å². The number of carbonyl (C=O) groups is 3. The third-order valence-corrected chi connectivity index (χ3v) is 9.84. The summed E-state index contributed by atoms with van der Waals surface area (Å²) in [6, 6.07) is -0.722. The van der Waals surface area contributed by atoms with E-state index in [0.717, 1.165) is 44.9 Å². The number of aliphatic carboxylic acids is 1. The summed E-state index contributed by atoms with van der Waals surface area (Å²) >= 11 is 0. The molecule has 0 aliphatic carbocycles. The Labute approximate surface area is 326 Å². The summed E-state index contributed by atoms with van der Waals surface area (Å²) in [4.78, 5) is 36.7. The number of quaternary nitrogens is 1. The van der Waals surface area contributed by atoms with Crippen molar-refractivity contribution >= 4 is 17.9 Å². The minimum atomic E-state index is -1.13. The molecule has 0 aliphatic rings. The lowest BCUT2D eigenvalue weighted by Gasteiger charge is -2.34. The Morgan fingerprint density at radius 3 is 1.45 bits per heavy atom. The maximum atomic E-state index is 12.7. The lowest BCUT2D eigenvalue weighted by atomic mass is 10.1. The van der Waals surface area contributed by atoms with E-state index < -0.39 is 18.1 Å². The zero-order valence-electron chi connectivity index (χ0n) is 35.2. The highest BCUT2D eigenvalue weighted by Crippen LogP contribution is 2.14. The molecule has 0 aromatic carbocycles. The molecule has 8 nitrogen and oxygen atoms in total. The van der Waals surface area contributed by atoms with Crippen LogP contribution < -0.4 is 5.11 Å². The molecule has 0 amide bonds. The highest BCUT2D eigenvalue weighted by molar-refractivity contribution is 5.70. The first-order chi connectivity index (χ1) is 25.6. The van der Waals surface area contributed by atoms with Gasteiger partial charge in [0, 0.05) is 19.3 Å². The molecule has 0 saturated heterocycles. The minimum Gasteiger partial charge on any atom is -0.544 e. The summed E-state index contributed by atoms with van der Waals surface area (Å²) < 4.78 is 17.1. The second kappa shape index (κ2) is 36.8. The number of carboxylic acid groups (broad SMARTS) is 1. The number of carboxylic acids is 1. The molecule has 53 heavy (non-hydrogen) atoms. The van der Waals surface area contributed by atoms with Gasteiger partial charge in [0.05, 0.1) is 40.3 Å². The van der Waals surface area contributed by atoms with Gasteiger partial charge in [-0.05, 0) is 44.9 Å². The lowest BCUT2D eigenvalue weighted by Crippen LogP contribution is -2.55. The fourth-order valence-corrected chi connectivity index (χ4v) is 6.39. The normalized spacial score (nSPS) is 13.2. The van der Waals surface area contributed by atoms with E-state index in [1.54, 1.807) is 21.1 Å². The maximum absolute atomic E-state index is 12.7. The van der Waals surface area contributed by atoms with E-state index in [0.29, 0.717) is 12.8 Å². The fourth-order valence-electron chi connectivity index (χ4n) is 6.39. The van der Waals surface area contributed by atoms with Crippen molar-refractivity contribution in [2.24, 2.45) is 0 Å². The molecule has 0 N–H and O–H groups in total. The van der Waals surface area contributed by atoms with Crippen LogP contribution in [0.1, 0.15) is 194 Å². The van der Waals surface area contributed by atoms with Crippen molar-refractivity contribution in [3.05, 3.63) is 24.3 Å². The first kappa shape index (κ1) is 50.8. The molecule has 0 heterocycles. The number of ether oxygens (including phenoxy) is 3. The van der Waals surface area contributed by atoms with Gasteiger partial charge in [-0.2, -0.15) is 0 Å². The third-order valence-electron chi connectivity index (χ3n) is 9.84. The molecule has 0 bridgehead atoms. The Hall–Kier alpha value is -2.19. The van der Waals surface area contributed by atoms with Gasteiger partial charge in [0.2, 0.25) is 0 Å². The summed E-state index contributed by atoms with van der Waals surface area (Å²) in [5.74, 6) is -1.74. The van der Waals surface area contributed by atoms with Gasteiger partial charge in [-0.15, -0.1) is 0 Å². The molecule has 0 saturated carbocycles. The van der Waals surface area contributed by atoms with Crippen LogP contribution in [0.5, 0.6) is 0 Å². The van der Waals surface area contributed by atoms with Crippen LogP contribution >= 0.6 is 0 Å². The van der Waals surface area contributed by atoms with Gasteiger partial charge < -0.3 is 28.6 Å². The van der Waals surface area contributed by atoms with E-state index in [4.69, 9.17) is 14.2 Å². The Kier molecular flexibility index (Phi) is 35.2. The number of hydrogen-bond donors (Lipinski definition) is 0. The molecular formula is C45H83NO7. The van der Waals surface area contributed by atoms with Gasteiger partial charge in [-0.25, -0.2) is 0 Å². The van der Waals surface area contributed by atoms with E-state index in [2.05, 4.69) is 38.2 Å². The Balaban J connectivity index is 4.23. The predicted molar refractivity (Wildman–Crippen MR) is 217 cm³/mol. The standard InChI is InChI=1S/C45H83NO7/c1-6-8-10-12-14-16-17-18-19-20-21-22-23-24-25-26-27-28-30-32-34-36-44(48)53-41(39-51-38-37-42(45(49)50)46(3,4)5)40-52-43(47)35-33-31-29-15-13-11-9-7-2/h17-18,20-21,41-42H,6-16,19,22-40H2,1-5H3/b18-17-,21-20-. The van der Waals surface area contributed by atoms with Crippen molar-refractivity contribution in [3.8, 4) is 0 Å². The molecule has 8 heteroatoms. The molecule has 0 spiro atoms. The quantitative estimate of drug-likeness (QED) is 0.0267. The molecule has 2 unspecified atom stereocenters. The van der Waals surface area contributed by atoms with Crippen molar-refractivity contribution in [2.75, 3.05) is 41.0 Å². The average Bonchev–Trinajstić information content (AvgIpc) is 3.11. The summed E-state index contributed by atoms with van der Waals surface area (Å²) in [6.07, 6.45) is 39.2. The largest absolute Gasteiger partial charge is 0.544 e. The summed E-state index contributed by atoms with van der Waals surface area (Å²) in [6.45, 7) is 4.62. The topological polar surface area (TPSA) is 102 Å². The Morgan fingerprint density at radius 2 is 1.00 bits per heavy atom. The van der Waals surface area contributed by atoms with Crippen LogP contribution in [-0.2, 0) is 28.6 Å². The summed E-state index contributed by atoms with van der Waals surface area (Å²) in [5.41, 5.74) is 0. The van der Waals surface area contributed by atoms with Crippen molar-refractivity contribution in [2.45, 2.75) is 206 Å². The van der Waals surface area contributed by atoms with E-state index >= 15 is 0 Å². The highest BCUT2D eigenvalue weighted by atomic mass is 16.6. The number of unbranched alkanes of at least 4 members (excludes halogenated alkanes) is 21. The predicted octanol–water partition coefficient (Wildman–Crippen LogP) is 10.4. The average molecular weight is 750 g/mol. The van der Waals surface area contributed by atoms with Crippen LogP contribution in [0, 0.1) is 0 Å². The first-order valence-electron chi connectivity index (χ1n) is 21.9. The van der Waals surface area contributed by atoms with Crippen LogP contribution in [-0.4, -0.2) is 75.5 Å². The smallest absolute Gasteiger partial charge is 0.306 e.